The smallest absolute Gasteiger partial charge is 0.255 e. The van der Waals surface area contributed by atoms with Crippen LogP contribution in [0.4, 0.5) is 0 Å². The molecule has 0 fully saturated rings. The van der Waals surface area contributed by atoms with Gasteiger partial charge in [-0.1, -0.05) is 23.2 Å². The molecule has 1 heterocycles. The van der Waals surface area contributed by atoms with Gasteiger partial charge in [0.15, 0.2) is 0 Å². The molecular formula is C12H12Cl2N2O. The van der Waals surface area contributed by atoms with E-state index in [0.717, 1.165) is 16.6 Å². The molecule has 1 aromatic carbocycles. The number of amides is 1. The number of hydrogen-bond acceptors (Lipinski definition) is 1. The molecule has 0 saturated heterocycles. The summed E-state index contributed by atoms with van der Waals surface area (Å²) in [5, 5.41) is 1.81. The molecular weight excluding hydrogens is 259 g/mol. The van der Waals surface area contributed by atoms with Crippen molar-refractivity contribution in [2.45, 2.75) is 6.92 Å². The molecule has 0 bridgehead atoms. The minimum atomic E-state index is -0.0629. The molecule has 3 nitrogen and oxygen atoms in total. The third-order valence-corrected chi connectivity index (χ3v) is 3.15. The fourth-order valence-electron chi connectivity index (χ4n) is 1.85. The monoisotopic (exact) mass is 270 g/mol. The molecule has 1 aromatic heterocycles. The average Bonchev–Trinajstić information content (AvgIpc) is 2.54. The zero-order valence-corrected chi connectivity index (χ0v) is 11.3. The number of fused-ring (bicyclic) bond motifs is 1. The van der Waals surface area contributed by atoms with Crippen LogP contribution in [0.5, 0.6) is 0 Å². The molecule has 2 aromatic rings. The molecule has 2 rings (SSSR count). The van der Waals surface area contributed by atoms with Gasteiger partial charge in [0.2, 0.25) is 0 Å². The second kappa shape index (κ2) is 4.24. The van der Waals surface area contributed by atoms with Crippen molar-refractivity contribution >= 4 is 40.0 Å². The molecule has 17 heavy (non-hydrogen) atoms. The summed E-state index contributed by atoms with van der Waals surface area (Å²) >= 11 is 12.1. The van der Waals surface area contributed by atoms with Crippen LogP contribution in [0.25, 0.3) is 10.9 Å². The Labute approximate surface area is 109 Å². The van der Waals surface area contributed by atoms with Gasteiger partial charge in [-0.25, -0.2) is 0 Å². The number of aryl methyl sites for hydroxylation is 1. The number of nitrogens with one attached hydrogen (secondary N) is 1. The molecule has 0 aliphatic heterocycles. The van der Waals surface area contributed by atoms with E-state index < -0.39 is 0 Å². The quantitative estimate of drug-likeness (QED) is 0.846. The largest absolute Gasteiger partial charge is 0.357 e. The summed E-state index contributed by atoms with van der Waals surface area (Å²) in [6.45, 7) is 1.85. The first-order chi connectivity index (χ1) is 7.91. The maximum absolute atomic E-state index is 12.1. The molecule has 5 heteroatoms. The molecule has 0 aliphatic rings. The summed E-state index contributed by atoms with van der Waals surface area (Å²) in [5.41, 5.74) is 2.16. The standard InChI is InChI=1S/C12H12Cl2N2O/c1-6-10(12(17)16(2)3)8-4-7(13)5-9(14)11(8)15-6/h4-5,15H,1-3H3. The molecule has 1 N–H and O–H groups in total. The van der Waals surface area contributed by atoms with Crippen LogP contribution in [0.2, 0.25) is 10.0 Å². The Hall–Kier alpha value is -1.19. The fourth-order valence-corrected chi connectivity index (χ4v) is 2.39. The van der Waals surface area contributed by atoms with Gasteiger partial charge in [-0.15, -0.1) is 0 Å². The van der Waals surface area contributed by atoms with Crippen molar-refractivity contribution in [3.63, 3.8) is 0 Å². The summed E-state index contributed by atoms with van der Waals surface area (Å²) in [7, 11) is 3.43. The topological polar surface area (TPSA) is 36.1 Å². The van der Waals surface area contributed by atoms with E-state index in [2.05, 4.69) is 4.98 Å². The molecule has 90 valence electrons. The van der Waals surface area contributed by atoms with Crippen molar-refractivity contribution in [1.82, 2.24) is 9.88 Å². The Kier molecular flexibility index (Phi) is 3.06. The zero-order chi connectivity index (χ0) is 12.7. The van der Waals surface area contributed by atoms with E-state index in [1.807, 2.05) is 6.92 Å². The van der Waals surface area contributed by atoms with Crippen molar-refractivity contribution in [2.24, 2.45) is 0 Å². The number of benzene rings is 1. The SMILES string of the molecule is Cc1[nH]c2c(Cl)cc(Cl)cc2c1C(=O)N(C)C. The van der Waals surface area contributed by atoms with Gasteiger partial charge >= 0.3 is 0 Å². The van der Waals surface area contributed by atoms with Crippen molar-refractivity contribution < 1.29 is 4.79 Å². The molecule has 0 saturated carbocycles. The van der Waals surface area contributed by atoms with Crippen molar-refractivity contribution in [3.05, 3.63) is 33.4 Å². The molecule has 0 spiro atoms. The van der Waals surface area contributed by atoms with E-state index in [1.165, 1.54) is 4.90 Å². The number of H-pyrrole nitrogens is 1. The highest BCUT2D eigenvalue weighted by atomic mass is 35.5. The first-order valence-electron chi connectivity index (χ1n) is 5.10. The summed E-state index contributed by atoms with van der Waals surface area (Å²) < 4.78 is 0. The first-order valence-corrected chi connectivity index (χ1v) is 5.86. The number of aromatic amines is 1. The third kappa shape index (κ3) is 2.01. The maximum Gasteiger partial charge on any atom is 0.255 e. The third-order valence-electron chi connectivity index (χ3n) is 2.63. The minimum Gasteiger partial charge on any atom is -0.357 e. The second-order valence-corrected chi connectivity index (χ2v) is 4.98. The van der Waals surface area contributed by atoms with Crippen LogP contribution in [0.1, 0.15) is 16.1 Å². The maximum atomic E-state index is 12.1. The highest BCUT2D eigenvalue weighted by Crippen LogP contribution is 2.31. The van der Waals surface area contributed by atoms with Crippen molar-refractivity contribution in [3.8, 4) is 0 Å². The van der Waals surface area contributed by atoms with Gasteiger partial charge in [-0.05, 0) is 19.1 Å². The Balaban J connectivity index is 2.79. The predicted molar refractivity (Wildman–Crippen MR) is 71.1 cm³/mol. The fraction of sp³-hybridized carbons (Fsp3) is 0.250. The average molecular weight is 271 g/mol. The van der Waals surface area contributed by atoms with Gasteiger partial charge in [-0.3, -0.25) is 4.79 Å². The van der Waals surface area contributed by atoms with Crippen molar-refractivity contribution in [1.29, 1.82) is 0 Å². The predicted octanol–water partition coefficient (Wildman–Crippen LogP) is 3.48. The van der Waals surface area contributed by atoms with Gasteiger partial charge in [0, 0.05) is 30.2 Å². The van der Waals surface area contributed by atoms with Gasteiger partial charge < -0.3 is 9.88 Å². The minimum absolute atomic E-state index is 0.0629. The summed E-state index contributed by atoms with van der Waals surface area (Å²) in [6.07, 6.45) is 0. The number of halogens is 2. The van der Waals surface area contributed by atoms with Crippen molar-refractivity contribution in [2.75, 3.05) is 14.1 Å². The molecule has 1 amide bonds. The highest BCUT2D eigenvalue weighted by molar-refractivity contribution is 6.39. The van der Waals surface area contributed by atoms with Crippen LogP contribution in [0.15, 0.2) is 12.1 Å². The first kappa shape index (κ1) is 12.3. The van der Waals surface area contributed by atoms with E-state index in [0.29, 0.717) is 15.6 Å². The second-order valence-electron chi connectivity index (χ2n) is 4.13. The van der Waals surface area contributed by atoms with Crippen LogP contribution in [0, 0.1) is 6.92 Å². The summed E-state index contributed by atoms with van der Waals surface area (Å²) in [6, 6.07) is 3.41. The lowest BCUT2D eigenvalue weighted by atomic mass is 10.1. The van der Waals surface area contributed by atoms with E-state index in [1.54, 1.807) is 26.2 Å². The Morgan fingerprint density at radius 2 is 1.94 bits per heavy atom. The molecule has 0 radical (unpaired) electrons. The number of aromatic nitrogens is 1. The van der Waals surface area contributed by atoms with Gasteiger partial charge in [0.25, 0.3) is 5.91 Å². The van der Waals surface area contributed by atoms with Gasteiger partial charge in [0.05, 0.1) is 16.1 Å². The van der Waals surface area contributed by atoms with E-state index in [4.69, 9.17) is 23.2 Å². The normalized spacial score (nSPS) is 10.9. The number of carbonyl (C=O) groups is 1. The van der Waals surface area contributed by atoms with Crippen LogP contribution < -0.4 is 0 Å². The summed E-state index contributed by atoms with van der Waals surface area (Å²) in [5.74, 6) is -0.0629. The lowest BCUT2D eigenvalue weighted by Gasteiger charge is -2.10. The molecule has 0 unspecified atom stereocenters. The van der Waals surface area contributed by atoms with Gasteiger partial charge in [0.1, 0.15) is 0 Å². The number of nitrogens with zero attached hydrogens (tertiary/aromatic N) is 1. The van der Waals surface area contributed by atoms with Crippen LogP contribution >= 0.6 is 23.2 Å². The number of rotatable bonds is 1. The van der Waals surface area contributed by atoms with E-state index in [9.17, 15) is 4.79 Å². The number of hydrogen-bond donors (Lipinski definition) is 1. The Bertz CT molecular complexity index is 602. The molecule has 0 atom stereocenters. The van der Waals surface area contributed by atoms with Crippen LogP contribution in [0.3, 0.4) is 0 Å². The Morgan fingerprint density at radius 3 is 2.53 bits per heavy atom. The van der Waals surface area contributed by atoms with Crippen LogP contribution in [-0.2, 0) is 0 Å². The van der Waals surface area contributed by atoms with E-state index in [-0.39, 0.29) is 5.91 Å². The lowest BCUT2D eigenvalue weighted by molar-refractivity contribution is 0.0829. The number of carbonyl (C=O) groups excluding carboxylic acids is 1. The Morgan fingerprint density at radius 1 is 1.29 bits per heavy atom. The lowest BCUT2D eigenvalue weighted by Crippen LogP contribution is -2.22. The van der Waals surface area contributed by atoms with Crippen LogP contribution in [-0.4, -0.2) is 29.9 Å². The van der Waals surface area contributed by atoms with E-state index >= 15 is 0 Å². The van der Waals surface area contributed by atoms with Gasteiger partial charge in [-0.2, -0.15) is 0 Å². The highest BCUT2D eigenvalue weighted by Gasteiger charge is 2.19. The zero-order valence-electron chi connectivity index (χ0n) is 9.77. The summed E-state index contributed by atoms with van der Waals surface area (Å²) in [4.78, 5) is 16.7. The molecule has 0 aliphatic carbocycles.